The molecule has 0 bridgehead atoms. The molecule has 80 valence electrons. The topological polar surface area (TPSA) is 46.5 Å². The van der Waals surface area contributed by atoms with Crippen LogP contribution in [0.5, 0.6) is 0 Å². The van der Waals surface area contributed by atoms with E-state index in [2.05, 4.69) is 0 Å². The van der Waals surface area contributed by atoms with Gasteiger partial charge in [-0.3, -0.25) is 0 Å². The van der Waals surface area contributed by atoms with Crippen LogP contribution >= 0.6 is 0 Å². The van der Waals surface area contributed by atoms with E-state index in [0.29, 0.717) is 25.0 Å². The molecule has 1 fully saturated rings. The molecule has 0 saturated carbocycles. The van der Waals surface area contributed by atoms with E-state index in [1.54, 1.807) is 0 Å². The third kappa shape index (κ3) is 2.54. The zero-order valence-corrected chi connectivity index (χ0v) is 8.42. The van der Waals surface area contributed by atoms with Crippen molar-refractivity contribution in [2.24, 2.45) is 5.92 Å². The SMILES string of the molecule is CC(C)C1CC(=C(F)C(=O)O)CCO1. The van der Waals surface area contributed by atoms with Crippen molar-refractivity contribution >= 4 is 5.97 Å². The van der Waals surface area contributed by atoms with Crippen molar-refractivity contribution < 1.29 is 19.0 Å². The average molecular weight is 202 g/mol. The van der Waals surface area contributed by atoms with Gasteiger partial charge < -0.3 is 9.84 Å². The molecule has 1 aliphatic rings. The summed E-state index contributed by atoms with van der Waals surface area (Å²) in [6, 6.07) is 0. The highest BCUT2D eigenvalue weighted by Gasteiger charge is 2.25. The average Bonchev–Trinajstić information content (AvgIpc) is 2.16. The summed E-state index contributed by atoms with van der Waals surface area (Å²) in [5.41, 5.74) is 0.377. The normalized spacial score (nSPS) is 26.4. The van der Waals surface area contributed by atoms with E-state index in [-0.39, 0.29) is 12.0 Å². The van der Waals surface area contributed by atoms with Gasteiger partial charge in [0.2, 0.25) is 5.83 Å². The number of aliphatic carboxylic acids is 1. The smallest absolute Gasteiger partial charge is 0.364 e. The van der Waals surface area contributed by atoms with Crippen LogP contribution in [0.1, 0.15) is 26.7 Å². The lowest BCUT2D eigenvalue weighted by Gasteiger charge is -2.27. The minimum atomic E-state index is -1.47. The molecule has 0 aromatic rings. The fourth-order valence-corrected chi connectivity index (χ4v) is 1.52. The van der Waals surface area contributed by atoms with E-state index >= 15 is 0 Å². The van der Waals surface area contributed by atoms with Crippen molar-refractivity contribution in [3.8, 4) is 0 Å². The molecular formula is C10H15FO3. The van der Waals surface area contributed by atoms with E-state index in [1.807, 2.05) is 13.8 Å². The van der Waals surface area contributed by atoms with Crippen LogP contribution in [0, 0.1) is 5.92 Å². The summed E-state index contributed by atoms with van der Waals surface area (Å²) in [7, 11) is 0. The van der Waals surface area contributed by atoms with Crippen molar-refractivity contribution in [3.05, 3.63) is 11.4 Å². The highest BCUT2D eigenvalue weighted by atomic mass is 19.1. The summed E-state index contributed by atoms with van der Waals surface area (Å²) in [6.07, 6.45) is 0.737. The van der Waals surface area contributed by atoms with Crippen LogP contribution in [0.15, 0.2) is 11.4 Å². The second-order valence-corrected chi connectivity index (χ2v) is 3.83. The Kier molecular flexibility index (Phi) is 3.63. The molecule has 4 heteroatoms. The molecule has 3 nitrogen and oxygen atoms in total. The fourth-order valence-electron chi connectivity index (χ4n) is 1.52. The van der Waals surface area contributed by atoms with E-state index in [1.165, 1.54) is 0 Å². The minimum Gasteiger partial charge on any atom is -0.476 e. The first kappa shape index (κ1) is 11.2. The molecule has 1 aliphatic heterocycles. The van der Waals surface area contributed by atoms with Gasteiger partial charge in [-0.15, -0.1) is 0 Å². The fraction of sp³-hybridized carbons (Fsp3) is 0.700. The molecule has 14 heavy (non-hydrogen) atoms. The van der Waals surface area contributed by atoms with E-state index in [9.17, 15) is 9.18 Å². The zero-order valence-electron chi connectivity index (χ0n) is 8.42. The van der Waals surface area contributed by atoms with Gasteiger partial charge in [-0.2, -0.15) is 4.39 Å². The highest BCUT2D eigenvalue weighted by molar-refractivity contribution is 5.84. The number of carbonyl (C=O) groups is 1. The molecule has 0 aliphatic carbocycles. The first-order valence-electron chi connectivity index (χ1n) is 4.74. The van der Waals surface area contributed by atoms with Gasteiger partial charge in [0, 0.05) is 0 Å². The van der Waals surface area contributed by atoms with E-state index < -0.39 is 11.8 Å². The molecule has 1 heterocycles. The summed E-state index contributed by atoms with van der Waals surface area (Å²) >= 11 is 0. The monoisotopic (exact) mass is 202 g/mol. The van der Waals surface area contributed by atoms with Crippen molar-refractivity contribution in [1.29, 1.82) is 0 Å². The summed E-state index contributed by atoms with van der Waals surface area (Å²) < 4.78 is 18.5. The summed E-state index contributed by atoms with van der Waals surface area (Å²) in [4.78, 5) is 10.4. The molecule has 0 amide bonds. The van der Waals surface area contributed by atoms with E-state index in [4.69, 9.17) is 9.84 Å². The van der Waals surface area contributed by atoms with Crippen LogP contribution in [0.25, 0.3) is 0 Å². The standard InChI is InChI=1S/C10H15FO3/c1-6(2)8-5-7(3-4-14-8)9(11)10(12)13/h6,8H,3-5H2,1-2H3,(H,12,13). The van der Waals surface area contributed by atoms with Crippen molar-refractivity contribution in [3.63, 3.8) is 0 Å². The maximum absolute atomic E-state index is 13.1. The predicted molar refractivity (Wildman–Crippen MR) is 49.6 cm³/mol. The van der Waals surface area contributed by atoms with Crippen molar-refractivity contribution in [1.82, 2.24) is 0 Å². The van der Waals surface area contributed by atoms with Gasteiger partial charge in [0.05, 0.1) is 12.7 Å². The maximum Gasteiger partial charge on any atom is 0.364 e. The lowest BCUT2D eigenvalue weighted by molar-refractivity contribution is -0.134. The lowest BCUT2D eigenvalue weighted by Crippen LogP contribution is -2.26. The minimum absolute atomic E-state index is 0.0520. The molecule has 0 radical (unpaired) electrons. The molecule has 1 saturated heterocycles. The maximum atomic E-state index is 13.1. The first-order chi connectivity index (χ1) is 6.52. The molecule has 0 aromatic carbocycles. The lowest BCUT2D eigenvalue weighted by atomic mass is 9.94. The number of carboxylic acid groups (broad SMARTS) is 1. The zero-order chi connectivity index (χ0) is 10.7. The first-order valence-corrected chi connectivity index (χ1v) is 4.74. The number of hydrogen-bond acceptors (Lipinski definition) is 2. The van der Waals surface area contributed by atoms with Crippen LogP contribution in [-0.4, -0.2) is 23.8 Å². The van der Waals surface area contributed by atoms with Gasteiger partial charge in [0.15, 0.2) is 0 Å². The van der Waals surface area contributed by atoms with E-state index in [0.717, 1.165) is 0 Å². The van der Waals surface area contributed by atoms with Gasteiger partial charge in [-0.25, -0.2) is 4.79 Å². The van der Waals surface area contributed by atoms with Gasteiger partial charge >= 0.3 is 5.97 Å². The second-order valence-electron chi connectivity index (χ2n) is 3.83. The van der Waals surface area contributed by atoms with Crippen LogP contribution in [0.4, 0.5) is 4.39 Å². The molecule has 1 rings (SSSR count). The Morgan fingerprint density at radius 2 is 2.29 bits per heavy atom. The van der Waals surface area contributed by atoms with Crippen LogP contribution < -0.4 is 0 Å². The highest BCUT2D eigenvalue weighted by Crippen LogP contribution is 2.27. The molecule has 1 N–H and O–H groups in total. The largest absolute Gasteiger partial charge is 0.476 e. The Hall–Kier alpha value is -0.900. The quantitative estimate of drug-likeness (QED) is 0.698. The Bertz CT molecular complexity index is 258. The Morgan fingerprint density at radius 3 is 2.79 bits per heavy atom. The predicted octanol–water partition coefficient (Wildman–Crippen LogP) is 2.13. The Morgan fingerprint density at radius 1 is 1.64 bits per heavy atom. The number of hydrogen-bond donors (Lipinski definition) is 1. The van der Waals surface area contributed by atoms with Crippen LogP contribution in [0.3, 0.4) is 0 Å². The van der Waals surface area contributed by atoms with Gasteiger partial charge in [0.1, 0.15) is 0 Å². The molecule has 1 unspecified atom stereocenters. The Labute approximate surface area is 82.6 Å². The third-order valence-electron chi connectivity index (χ3n) is 2.43. The van der Waals surface area contributed by atoms with Gasteiger partial charge in [-0.05, 0) is 24.3 Å². The van der Waals surface area contributed by atoms with Crippen LogP contribution in [0.2, 0.25) is 0 Å². The second kappa shape index (κ2) is 4.55. The summed E-state index contributed by atoms with van der Waals surface area (Å²) in [6.45, 7) is 4.37. The number of ether oxygens (including phenoxy) is 1. The number of rotatable bonds is 2. The van der Waals surface area contributed by atoms with Crippen LogP contribution in [-0.2, 0) is 9.53 Å². The number of carboxylic acids is 1. The third-order valence-corrected chi connectivity index (χ3v) is 2.43. The van der Waals surface area contributed by atoms with Gasteiger partial charge in [0.25, 0.3) is 0 Å². The summed E-state index contributed by atoms with van der Waals surface area (Å²) in [5.74, 6) is -2.18. The van der Waals surface area contributed by atoms with Gasteiger partial charge in [-0.1, -0.05) is 13.8 Å². The molecule has 0 spiro atoms. The Balaban J connectivity index is 2.73. The molecule has 1 atom stereocenters. The molecule has 0 aromatic heterocycles. The number of halogens is 1. The molecular weight excluding hydrogens is 187 g/mol. The summed E-state index contributed by atoms with van der Waals surface area (Å²) in [5, 5.41) is 8.49. The van der Waals surface area contributed by atoms with Crippen molar-refractivity contribution in [2.75, 3.05) is 6.61 Å². The van der Waals surface area contributed by atoms with Crippen molar-refractivity contribution in [2.45, 2.75) is 32.8 Å².